The standard InChI is InChI=1S/C17H29NO6S/c1-7-8-20-14-11(18-15(19)24-16(2,3)4)13(25)12-10(22-14)9-21-17(5,6)23-12/h7,10-14,25H,1,8-9H2,2-6H3,(H,18,19)/t10-,11-,12-,13-,14-/m1/s1. The minimum absolute atomic E-state index is 0.280. The fourth-order valence-electron chi connectivity index (χ4n) is 2.75. The number of amides is 1. The van der Waals surface area contributed by atoms with Gasteiger partial charge in [0, 0.05) is 0 Å². The second kappa shape index (κ2) is 7.84. The van der Waals surface area contributed by atoms with Gasteiger partial charge in [-0.15, -0.1) is 6.58 Å². The first-order valence-corrected chi connectivity index (χ1v) is 8.91. The van der Waals surface area contributed by atoms with Crippen molar-refractivity contribution in [3.63, 3.8) is 0 Å². The highest BCUT2D eigenvalue weighted by molar-refractivity contribution is 7.81. The molecule has 0 spiro atoms. The topological polar surface area (TPSA) is 75.3 Å². The van der Waals surface area contributed by atoms with E-state index in [0.717, 1.165) is 0 Å². The summed E-state index contributed by atoms with van der Waals surface area (Å²) in [6.45, 7) is 13.3. The maximum atomic E-state index is 12.2. The first-order chi connectivity index (χ1) is 11.5. The maximum absolute atomic E-state index is 12.2. The van der Waals surface area contributed by atoms with E-state index in [9.17, 15) is 4.79 Å². The molecule has 2 saturated heterocycles. The van der Waals surface area contributed by atoms with Gasteiger partial charge in [0.25, 0.3) is 0 Å². The minimum atomic E-state index is -0.739. The molecule has 25 heavy (non-hydrogen) atoms. The van der Waals surface area contributed by atoms with Crippen molar-refractivity contribution in [1.82, 2.24) is 5.32 Å². The van der Waals surface area contributed by atoms with Gasteiger partial charge in [0.15, 0.2) is 12.1 Å². The number of alkyl carbamates (subject to hydrolysis) is 1. The van der Waals surface area contributed by atoms with E-state index in [4.69, 9.17) is 23.7 Å². The van der Waals surface area contributed by atoms with Crippen LogP contribution in [0, 0.1) is 0 Å². The second-order valence-electron chi connectivity index (χ2n) is 7.62. The van der Waals surface area contributed by atoms with E-state index >= 15 is 0 Å². The summed E-state index contributed by atoms with van der Waals surface area (Å²) < 4.78 is 28.6. The smallest absolute Gasteiger partial charge is 0.408 e. The number of hydrogen-bond acceptors (Lipinski definition) is 7. The normalized spacial score (nSPS) is 34.7. The highest BCUT2D eigenvalue weighted by atomic mass is 32.1. The highest BCUT2D eigenvalue weighted by Gasteiger charge is 2.51. The number of carbonyl (C=O) groups is 1. The van der Waals surface area contributed by atoms with Crippen molar-refractivity contribution < 1.29 is 28.5 Å². The van der Waals surface area contributed by atoms with Crippen LogP contribution in [-0.4, -0.2) is 60.5 Å². The van der Waals surface area contributed by atoms with E-state index < -0.39 is 29.8 Å². The second-order valence-corrected chi connectivity index (χ2v) is 8.22. The van der Waals surface area contributed by atoms with Crippen LogP contribution in [0.3, 0.4) is 0 Å². The molecule has 5 atom stereocenters. The van der Waals surface area contributed by atoms with Gasteiger partial charge in [-0.3, -0.25) is 0 Å². The molecule has 1 N–H and O–H groups in total. The van der Waals surface area contributed by atoms with Crippen LogP contribution in [0.25, 0.3) is 0 Å². The van der Waals surface area contributed by atoms with Crippen LogP contribution in [0.5, 0.6) is 0 Å². The average molecular weight is 375 g/mol. The number of hydrogen-bond donors (Lipinski definition) is 2. The van der Waals surface area contributed by atoms with Crippen molar-refractivity contribution in [3.8, 4) is 0 Å². The van der Waals surface area contributed by atoms with Crippen LogP contribution < -0.4 is 5.32 Å². The molecule has 2 rings (SSSR count). The monoisotopic (exact) mass is 375 g/mol. The number of fused-ring (bicyclic) bond motifs is 1. The fourth-order valence-corrected chi connectivity index (χ4v) is 3.21. The number of thiol groups is 1. The van der Waals surface area contributed by atoms with E-state index in [1.807, 2.05) is 13.8 Å². The Morgan fingerprint density at radius 3 is 2.72 bits per heavy atom. The third-order valence-corrected chi connectivity index (χ3v) is 4.36. The van der Waals surface area contributed by atoms with E-state index in [1.165, 1.54) is 0 Å². The molecule has 0 aromatic carbocycles. The zero-order valence-electron chi connectivity index (χ0n) is 15.5. The lowest BCUT2D eigenvalue weighted by molar-refractivity contribution is -0.346. The predicted octanol–water partition coefficient (Wildman–Crippen LogP) is 2.26. The minimum Gasteiger partial charge on any atom is -0.444 e. The third-order valence-electron chi connectivity index (χ3n) is 3.75. The van der Waals surface area contributed by atoms with Crippen molar-refractivity contribution in [2.24, 2.45) is 0 Å². The number of nitrogens with one attached hydrogen (secondary N) is 1. The molecule has 2 fully saturated rings. The zero-order chi connectivity index (χ0) is 18.8. The van der Waals surface area contributed by atoms with Crippen LogP contribution in [0.2, 0.25) is 0 Å². The van der Waals surface area contributed by atoms with E-state index in [-0.39, 0.29) is 24.1 Å². The predicted molar refractivity (Wildman–Crippen MR) is 95.6 cm³/mol. The maximum Gasteiger partial charge on any atom is 0.408 e. The summed E-state index contributed by atoms with van der Waals surface area (Å²) in [6.07, 6.45) is -0.331. The largest absolute Gasteiger partial charge is 0.444 e. The van der Waals surface area contributed by atoms with Gasteiger partial charge in [0.1, 0.15) is 17.8 Å². The van der Waals surface area contributed by atoms with Crippen LogP contribution in [-0.2, 0) is 23.7 Å². The molecule has 0 aliphatic carbocycles. The van der Waals surface area contributed by atoms with Crippen molar-refractivity contribution >= 4 is 18.7 Å². The Balaban J connectivity index is 2.13. The van der Waals surface area contributed by atoms with Crippen LogP contribution in [0.4, 0.5) is 4.79 Å². The summed E-state index contributed by atoms with van der Waals surface area (Å²) >= 11 is 4.69. The zero-order valence-corrected chi connectivity index (χ0v) is 16.4. The molecule has 2 aliphatic heterocycles. The van der Waals surface area contributed by atoms with Gasteiger partial charge in [0.2, 0.25) is 0 Å². The molecule has 2 heterocycles. The Morgan fingerprint density at radius 1 is 1.44 bits per heavy atom. The summed E-state index contributed by atoms with van der Waals surface area (Å²) in [4.78, 5) is 12.2. The molecule has 8 heteroatoms. The summed E-state index contributed by atoms with van der Waals surface area (Å²) in [5.74, 6) is -0.739. The number of carbonyl (C=O) groups excluding carboxylic acids is 1. The van der Waals surface area contributed by atoms with Gasteiger partial charge in [-0.25, -0.2) is 4.79 Å². The lowest BCUT2D eigenvalue weighted by Gasteiger charge is -2.50. The summed E-state index contributed by atoms with van der Waals surface area (Å²) in [7, 11) is 0. The van der Waals surface area contributed by atoms with E-state index in [2.05, 4.69) is 24.5 Å². The third kappa shape index (κ3) is 5.59. The molecule has 0 unspecified atom stereocenters. The van der Waals surface area contributed by atoms with Gasteiger partial charge < -0.3 is 29.0 Å². The number of rotatable bonds is 4. The first-order valence-electron chi connectivity index (χ1n) is 8.40. The molecule has 7 nitrogen and oxygen atoms in total. The number of ether oxygens (including phenoxy) is 5. The van der Waals surface area contributed by atoms with E-state index in [1.54, 1.807) is 26.8 Å². The molecule has 0 aromatic heterocycles. The summed E-state index contributed by atoms with van der Waals surface area (Å²) in [5, 5.41) is 2.44. The molecule has 2 aliphatic rings. The molecule has 0 aromatic rings. The SMILES string of the molecule is C=CCO[C@@H]1O[C@@H]2COC(C)(C)O[C@H]2[C@H](S)[C@H]1NC(=O)OC(C)(C)C. The van der Waals surface area contributed by atoms with E-state index in [0.29, 0.717) is 6.61 Å². The van der Waals surface area contributed by atoms with Gasteiger partial charge >= 0.3 is 6.09 Å². The van der Waals surface area contributed by atoms with Crippen molar-refractivity contribution in [1.29, 1.82) is 0 Å². The Morgan fingerprint density at radius 2 is 2.12 bits per heavy atom. The molecule has 0 saturated carbocycles. The highest BCUT2D eigenvalue weighted by Crippen LogP contribution is 2.35. The molecule has 0 bridgehead atoms. The fraction of sp³-hybridized carbons (Fsp3) is 0.824. The average Bonchev–Trinajstić information content (AvgIpc) is 2.47. The van der Waals surface area contributed by atoms with Gasteiger partial charge in [-0.2, -0.15) is 12.6 Å². The Kier molecular flexibility index (Phi) is 6.43. The molecule has 144 valence electrons. The van der Waals surface area contributed by atoms with Crippen LogP contribution >= 0.6 is 12.6 Å². The summed E-state index contributed by atoms with van der Waals surface area (Å²) in [6, 6.07) is -0.548. The first kappa shape index (κ1) is 20.5. The molecular weight excluding hydrogens is 346 g/mol. The van der Waals surface area contributed by atoms with Crippen molar-refractivity contribution in [2.75, 3.05) is 13.2 Å². The van der Waals surface area contributed by atoms with Crippen LogP contribution in [0.1, 0.15) is 34.6 Å². The van der Waals surface area contributed by atoms with Crippen LogP contribution in [0.15, 0.2) is 12.7 Å². The Bertz CT molecular complexity index is 492. The summed E-state index contributed by atoms with van der Waals surface area (Å²) in [5.41, 5.74) is -0.608. The van der Waals surface area contributed by atoms with Crippen molar-refractivity contribution in [2.45, 2.75) is 75.8 Å². The lowest BCUT2D eigenvalue weighted by Crippen LogP contribution is -2.67. The quantitative estimate of drug-likeness (QED) is 0.580. The van der Waals surface area contributed by atoms with Gasteiger partial charge in [-0.1, -0.05) is 6.08 Å². The lowest BCUT2D eigenvalue weighted by atomic mass is 9.98. The van der Waals surface area contributed by atoms with Gasteiger partial charge in [0.05, 0.1) is 24.5 Å². The Labute approximate surface area is 154 Å². The van der Waals surface area contributed by atoms with Crippen molar-refractivity contribution in [3.05, 3.63) is 12.7 Å². The molecule has 0 radical (unpaired) electrons. The Hall–Kier alpha value is -0.800. The molecular formula is C17H29NO6S. The molecule has 1 amide bonds. The van der Waals surface area contributed by atoms with Gasteiger partial charge in [-0.05, 0) is 34.6 Å².